The quantitative estimate of drug-likeness (QED) is 0.685. The van der Waals surface area contributed by atoms with Crippen LogP contribution in [0.4, 0.5) is 0 Å². The molecule has 0 amide bonds. The molecule has 0 unspecified atom stereocenters. The van der Waals surface area contributed by atoms with Crippen LogP contribution in [0.5, 0.6) is 0 Å². The van der Waals surface area contributed by atoms with Crippen LogP contribution >= 0.6 is 11.5 Å². The highest BCUT2D eigenvalue weighted by molar-refractivity contribution is 7.13. The largest absolute Gasteiger partial charge is 0.268 e. The number of hydrogen-bond acceptors (Lipinski definition) is 2. The number of nitrogens with zero attached hydrogens (tertiary/aromatic N) is 1. The van der Waals surface area contributed by atoms with Crippen LogP contribution in [-0.2, 0) is 6.54 Å². The maximum Gasteiger partial charge on any atom is 0.268 e. The molecule has 1 heterocycles. The molecular formula is C11H9NOS. The molecule has 2 nitrogen and oxygen atoms in total. The Bertz CT molecular complexity index is 544. The lowest BCUT2D eigenvalue weighted by Crippen LogP contribution is -2.12. The third-order valence-electron chi connectivity index (χ3n) is 2.01. The second kappa shape index (κ2) is 3.69. The summed E-state index contributed by atoms with van der Waals surface area (Å²) in [6.07, 6.45) is 5.76. The van der Waals surface area contributed by atoms with Crippen molar-refractivity contribution in [3.05, 3.63) is 34.6 Å². The normalized spacial score (nSPS) is 10.2. The number of aryl methyl sites for hydroxylation is 1. The summed E-state index contributed by atoms with van der Waals surface area (Å²) < 4.78 is 2.74. The Hall–Kier alpha value is -1.53. The lowest BCUT2D eigenvalue weighted by molar-refractivity contribution is 0.764. The van der Waals surface area contributed by atoms with Gasteiger partial charge in [0.2, 0.25) is 0 Å². The Balaban J connectivity index is 2.53. The summed E-state index contributed by atoms with van der Waals surface area (Å²) in [4.78, 5) is 11.7. The van der Waals surface area contributed by atoms with E-state index in [0.29, 0.717) is 13.0 Å². The molecule has 0 atom stereocenters. The third-order valence-corrected chi connectivity index (χ3v) is 3.13. The van der Waals surface area contributed by atoms with Gasteiger partial charge in [-0.3, -0.25) is 8.75 Å². The van der Waals surface area contributed by atoms with Crippen molar-refractivity contribution in [1.82, 2.24) is 3.96 Å². The van der Waals surface area contributed by atoms with Crippen LogP contribution in [0.15, 0.2) is 29.1 Å². The summed E-state index contributed by atoms with van der Waals surface area (Å²) in [6.45, 7) is 0.620. The van der Waals surface area contributed by atoms with E-state index < -0.39 is 0 Å². The molecule has 0 saturated heterocycles. The lowest BCUT2D eigenvalue weighted by atomic mass is 10.3. The summed E-state index contributed by atoms with van der Waals surface area (Å²) in [6, 6.07) is 7.61. The molecule has 0 aliphatic rings. The average molecular weight is 203 g/mol. The minimum absolute atomic E-state index is 0.0702. The molecule has 0 aliphatic carbocycles. The molecule has 0 radical (unpaired) electrons. The van der Waals surface area contributed by atoms with E-state index in [-0.39, 0.29) is 5.56 Å². The zero-order valence-corrected chi connectivity index (χ0v) is 8.38. The van der Waals surface area contributed by atoms with Crippen molar-refractivity contribution >= 4 is 21.6 Å². The molecular weight excluding hydrogens is 194 g/mol. The van der Waals surface area contributed by atoms with Gasteiger partial charge >= 0.3 is 0 Å². The SMILES string of the molecule is C#CCCn1sc2ccccc2c1=O. The van der Waals surface area contributed by atoms with Crippen LogP contribution in [0.1, 0.15) is 6.42 Å². The fraction of sp³-hybridized carbons (Fsp3) is 0.182. The van der Waals surface area contributed by atoms with Crippen molar-refractivity contribution in [2.24, 2.45) is 0 Å². The molecule has 0 saturated carbocycles. The average Bonchev–Trinajstić information content (AvgIpc) is 2.54. The van der Waals surface area contributed by atoms with Crippen molar-refractivity contribution in [3.8, 4) is 12.3 Å². The Morgan fingerprint density at radius 1 is 1.43 bits per heavy atom. The van der Waals surface area contributed by atoms with E-state index in [1.165, 1.54) is 11.5 Å². The van der Waals surface area contributed by atoms with E-state index in [4.69, 9.17) is 6.42 Å². The fourth-order valence-corrected chi connectivity index (χ4v) is 2.33. The van der Waals surface area contributed by atoms with E-state index in [9.17, 15) is 4.79 Å². The molecule has 2 rings (SSSR count). The van der Waals surface area contributed by atoms with Gasteiger partial charge in [-0.1, -0.05) is 23.7 Å². The monoisotopic (exact) mass is 203 g/mol. The predicted molar refractivity (Wildman–Crippen MR) is 59.5 cm³/mol. The van der Waals surface area contributed by atoms with Gasteiger partial charge in [-0.15, -0.1) is 12.3 Å². The Morgan fingerprint density at radius 3 is 2.93 bits per heavy atom. The summed E-state index contributed by atoms with van der Waals surface area (Å²) in [5.74, 6) is 2.53. The maximum atomic E-state index is 11.7. The molecule has 3 heteroatoms. The minimum Gasteiger partial charge on any atom is -0.268 e. The summed E-state index contributed by atoms with van der Waals surface area (Å²) in [5, 5.41) is 0.787. The van der Waals surface area contributed by atoms with E-state index >= 15 is 0 Å². The fourth-order valence-electron chi connectivity index (χ4n) is 1.33. The van der Waals surface area contributed by atoms with Gasteiger partial charge in [-0.05, 0) is 12.1 Å². The van der Waals surface area contributed by atoms with Crippen molar-refractivity contribution in [1.29, 1.82) is 0 Å². The first-order chi connectivity index (χ1) is 6.83. The highest BCUT2D eigenvalue weighted by Gasteiger charge is 2.04. The highest BCUT2D eigenvalue weighted by Crippen LogP contribution is 2.15. The van der Waals surface area contributed by atoms with Gasteiger partial charge in [-0.2, -0.15) is 0 Å². The first-order valence-electron chi connectivity index (χ1n) is 4.35. The predicted octanol–water partition coefficient (Wildman–Crippen LogP) is 2.09. The molecule has 1 aromatic carbocycles. The number of benzene rings is 1. The third kappa shape index (κ3) is 1.45. The zero-order chi connectivity index (χ0) is 9.97. The topological polar surface area (TPSA) is 22.0 Å². The first-order valence-corrected chi connectivity index (χ1v) is 5.12. The van der Waals surface area contributed by atoms with Gasteiger partial charge < -0.3 is 0 Å². The molecule has 0 N–H and O–H groups in total. The van der Waals surface area contributed by atoms with Gasteiger partial charge in [0.1, 0.15) is 0 Å². The summed E-state index contributed by atoms with van der Waals surface area (Å²) in [5.41, 5.74) is 0.0702. The van der Waals surface area contributed by atoms with Crippen LogP contribution in [0.3, 0.4) is 0 Å². The van der Waals surface area contributed by atoms with Crippen molar-refractivity contribution in [2.75, 3.05) is 0 Å². The minimum atomic E-state index is 0.0702. The Labute approximate surface area is 85.9 Å². The number of rotatable bonds is 2. The van der Waals surface area contributed by atoms with Gasteiger partial charge in [0.05, 0.1) is 10.1 Å². The van der Waals surface area contributed by atoms with Crippen LogP contribution in [-0.4, -0.2) is 3.96 Å². The van der Waals surface area contributed by atoms with Crippen molar-refractivity contribution in [3.63, 3.8) is 0 Å². The molecule has 0 fully saturated rings. The number of fused-ring (bicyclic) bond motifs is 1. The Morgan fingerprint density at radius 2 is 2.21 bits per heavy atom. The van der Waals surface area contributed by atoms with Crippen LogP contribution in [0.25, 0.3) is 10.1 Å². The van der Waals surface area contributed by atoms with Crippen molar-refractivity contribution in [2.45, 2.75) is 13.0 Å². The number of hydrogen-bond donors (Lipinski definition) is 0. The molecule has 0 bridgehead atoms. The lowest BCUT2D eigenvalue weighted by Gasteiger charge is -1.92. The molecule has 1 aromatic heterocycles. The summed E-state index contributed by atoms with van der Waals surface area (Å²) in [7, 11) is 0. The molecule has 70 valence electrons. The number of aromatic nitrogens is 1. The van der Waals surface area contributed by atoms with Crippen LogP contribution < -0.4 is 5.56 Å². The van der Waals surface area contributed by atoms with E-state index in [2.05, 4.69) is 5.92 Å². The van der Waals surface area contributed by atoms with E-state index in [1.54, 1.807) is 3.96 Å². The van der Waals surface area contributed by atoms with Gasteiger partial charge in [0.15, 0.2) is 0 Å². The first kappa shape index (κ1) is 9.04. The van der Waals surface area contributed by atoms with Crippen LogP contribution in [0, 0.1) is 12.3 Å². The van der Waals surface area contributed by atoms with Gasteiger partial charge in [-0.25, -0.2) is 0 Å². The summed E-state index contributed by atoms with van der Waals surface area (Å²) >= 11 is 1.47. The van der Waals surface area contributed by atoms with E-state index in [0.717, 1.165) is 10.1 Å². The standard InChI is InChI=1S/C11H9NOS/c1-2-3-8-12-11(13)9-6-4-5-7-10(9)14-12/h1,4-7H,3,8H2. The van der Waals surface area contributed by atoms with Gasteiger partial charge in [0, 0.05) is 13.0 Å². The molecule has 2 aromatic rings. The second-order valence-electron chi connectivity index (χ2n) is 2.95. The Kier molecular flexibility index (Phi) is 2.38. The highest BCUT2D eigenvalue weighted by atomic mass is 32.1. The zero-order valence-electron chi connectivity index (χ0n) is 7.56. The number of terminal acetylenes is 1. The van der Waals surface area contributed by atoms with Gasteiger partial charge in [0.25, 0.3) is 5.56 Å². The molecule has 0 aliphatic heterocycles. The second-order valence-corrected chi connectivity index (χ2v) is 4.01. The smallest absolute Gasteiger partial charge is 0.268 e. The molecule has 0 spiro atoms. The molecule has 14 heavy (non-hydrogen) atoms. The van der Waals surface area contributed by atoms with E-state index in [1.807, 2.05) is 24.3 Å². The maximum absolute atomic E-state index is 11.7. The van der Waals surface area contributed by atoms with Crippen LogP contribution in [0.2, 0.25) is 0 Å². The van der Waals surface area contributed by atoms with Crippen molar-refractivity contribution < 1.29 is 0 Å².